The number of ether oxygens (including phenoxy) is 1. The fourth-order valence-corrected chi connectivity index (χ4v) is 3.13. The third kappa shape index (κ3) is 3.18. The van der Waals surface area contributed by atoms with Crippen molar-refractivity contribution < 1.29 is 24.9 Å². The number of aliphatic hydroxyl groups excluding tert-OH is 3. The highest BCUT2D eigenvalue weighted by atomic mass is 35.5. The molecule has 0 spiro atoms. The molecule has 0 aliphatic rings. The summed E-state index contributed by atoms with van der Waals surface area (Å²) in [7, 11) is 0. The number of nitrogens with one attached hydrogen (secondary N) is 1. The summed E-state index contributed by atoms with van der Waals surface area (Å²) < 4.78 is 4.97. The first-order valence-electron chi connectivity index (χ1n) is 7.51. The summed E-state index contributed by atoms with van der Waals surface area (Å²) in [5.74, 6) is -0.559. The van der Waals surface area contributed by atoms with Gasteiger partial charge in [0.25, 0.3) is 0 Å². The zero-order valence-electron chi connectivity index (χ0n) is 13.5. The molecule has 7 heteroatoms. The number of carbonyl (C=O) groups is 1. The van der Waals surface area contributed by atoms with Crippen LogP contribution in [0.25, 0.3) is 11.1 Å². The molecule has 1 aromatic carbocycles. The maximum Gasteiger partial charge on any atom is 0.356 e. The molecule has 6 nitrogen and oxygen atoms in total. The number of hydrogen-bond donors (Lipinski definition) is 4. The number of aromatic amines is 1. The highest BCUT2D eigenvalue weighted by Crippen LogP contribution is 2.38. The van der Waals surface area contributed by atoms with Crippen molar-refractivity contribution in [3.63, 3.8) is 0 Å². The Labute approximate surface area is 144 Å². The van der Waals surface area contributed by atoms with Gasteiger partial charge in [0.15, 0.2) is 0 Å². The molecule has 130 valence electrons. The Morgan fingerprint density at radius 1 is 1.17 bits per heavy atom. The Morgan fingerprint density at radius 3 is 2.38 bits per heavy atom. The number of carbonyl (C=O) groups excluding carboxylic acids is 1. The minimum atomic E-state index is -0.559. The number of aryl methyl sites for hydroxylation is 1. The smallest absolute Gasteiger partial charge is 0.356 e. The Morgan fingerprint density at radius 2 is 1.83 bits per heavy atom. The normalized spacial score (nSPS) is 10.9. The molecule has 1 heterocycles. The average molecular weight is 354 g/mol. The van der Waals surface area contributed by atoms with E-state index in [1.807, 2.05) is 0 Å². The fraction of sp³-hybridized carbons (Fsp3) is 0.353. The van der Waals surface area contributed by atoms with Gasteiger partial charge >= 0.3 is 5.97 Å². The summed E-state index contributed by atoms with van der Waals surface area (Å²) in [6.07, 6.45) is 0. The molecular weight excluding hydrogens is 334 g/mol. The van der Waals surface area contributed by atoms with E-state index in [0.29, 0.717) is 33.5 Å². The molecule has 0 bridgehead atoms. The van der Waals surface area contributed by atoms with E-state index >= 15 is 0 Å². The molecule has 0 aliphatic heterocycles. The number of H-pyrrole nitrogens is 1. The van der Waals surface area contributed by atoms with Crippen molar-refractivity contribution >= 4 is 17.6 Å². The third-order valence-corrected chi connectivity index (χ3v) is 4.27. The van der Waals surface area contributed by atoms with Gasteiger partial charge in [-0.3, -0.25) is 0 Å². The molecule has 0 saturated heterocycles. The second-order valence-electron chi connectivity index (χ2n) is 5.24. The summed E-state index contributed by atoms with van der Waals surface area (Å²) in [5, 5.41) is 28.9. The molecule has 0 radical (unpaired) electrons. The van der Waals surface area contributed by atoms with Crippen LogP contribution in [-0.4, -0.2) is 32.9 Å². The first-order chi connectivity index (χ1) is 11.5. The van der Waals surface area contributed by atoms with Crippen molar-refractivity contribution in [3.05, 3.63) is 45.2 Å². The van der Waals surface area contributed by atoms with Gasteiger partial charge in [0.1, 0.15) is 5.69 Å². The first-order valence-corrected chi connectivity index (χ1v) is 7.89. The highest BCUT2D eigenvalue weighted by molar-refractivity contribution is 6.36. The Kier molecular flexibility index (Phi) is 6.01. The summed E-state index contributed by atoms with van der Waals surface area (Å²) in [6.45, 7) is 2.76. The van der Waals surface area contributed by atoms with Crippen molar-refractivity contribution in [1.82, 2.24) is 4.98 Å². The average Bonchev–Trinajstić information content (AvgIpc) is 2.88. The predicted molar refractivity (Wildman–Crippen MR) is 89.7 cm³/mol. The molecule has 24 heavy (non-hydrogen) atoms. The molecule has 2 rings (SSSR count). The van der Waals surface area contributed by atoms with Gasteiger partial charge in [0, 0.05) is 11.3 Å². The van der Waals surface area contributed by atoms with Crippen molar-refractivity contribution in [1.29, 1.82) is 0 Å². The molecular formula is C17H20ClNO5. The fourth-order valence-electron chi connectivity index (χ4n) is 2.76. The van der Waals surface area contributed by atoms with Gasteiger partial charge in [0.2, 0.25) is 0 Å². The van der Waals surface area contributed by atoms with E-state index in [1.54, 1.807) is 26.0 Å². The van der Waals surface area contributed by atoms with Gasteiger partial charge in [-0.1, -0.05) is 23.7 Å². The summed E-state index contributed by atoms with van der Waals surface area (Å²) in [5.41, 5.74) is 3.37. The van der Waals surface area contributed by atoms with E-state index in [1.165, 1.54) is 0 Å². The van der Waals surface area contributed by atoms with Gasteiger partial charge in [-0.05, 0) is 36.1 Å². The molecule has 4 N–H and O–H groups in total. The summed E-state index contributed by atoms with van der Waals surface area (Å²) in [4.78, 5) is 14.9. The van der Waals surface area contributed by atoms with E-state index in [-0.39, 0.29) is 37.1 Å². The molecule has 1 aromatic heterocycles. The quantitative estimate of drug-likeness (QED) is 0.597. The molecule has 2 aromatic rings. The SMILES string of the molecule is CCOC(=O)c1[nH]c(C)c(-c2ccc(CO)c(CO)c2CO)c1Cl. The molecule has 0 amide bonds. The van der Waals surface area contributed by atoms with Crippen LogP contribution in [-0.2, 0) is 24.6 Å². The van der Waals surface area contributed by atoms with E-state index in [9.17, 15) is 20.1 Å². The van der Waals surface area contributed by atoms with Gasteiger partial charge in [-0.2, -0.15) is 0 Å². The van der Waals surface area contributed by atoms with Crippen LogP contribution < -0.4 is 0 Å². The number of esters is 1. The monoisotopic (exact) mass is 353 g/mol. The first kappa shape index (κ1) is 18.5. The third-order valence-electron chi connectivity index (χ3n) is 3.89. The highest BCUT2D eigenvalue weighted by Gasteiger charge is 2.24. The van der Waals surface area contributed by atoms with E-state index in [4.69, 9.17) is 16.3 Å². The van der Waals surface area contributed by atoms with Crippen molar-refractivity contribution in [3.8, 4) is 11.1 Å². The lowest BCUT2D eigenvalue weighted by Crippen LogP contribution is -2.05. The van der Waals surface area contributed by atoms with Crippen LogP contribution in [0.3, 0.4) is 0 Å². The van der Waals surface area contributed by atoms with Crippen LogP contribution in [0.5, 0.6) is 0 Å². The van der Waals surface area contributed by atoms with Crippen LogP contribution in [0.4, 0.5) is 0 Å². The van der Waals surface area contributed by atoms with E-state index in [2.05, 4.69) is 4.98 Å². The van der Waals surface area contributed by atoms with Crippen molar-refractivity contribution in [2.24, 2.45) is 0 Å². The number of rotatable bonds is 6. The maximum atomic E-state index is 12.0. The number of halogens is 1. The molecule has 0 fully saturated rings. The van der Waals surface area contributed by atoms with Gasteiger partial charge in [-0.15, -0.1) is 0 Å². The van der Waals surface area contributed by atoms with Crippen molar-refractivity contribution in [2.45, 2.75) is 33.7 Å². The standard InChI is InChI=1S/C17H20ClNO5/c1-3-24-17(23)16-15(18)14(9(2)19-16)11-5-4-10(6-20)12(7-21)13(11)8-22/h4-5,19-22H,3,6-8H2,1-2H3. The Hall–Kier alpha value is -1.86. The summed E-state index contributed by atoms with van der Waals surface area (Å²) in [6, 6.07) is 3.36. The van der Waals surface area contributed by atoms with Gasteiger partial charge in [-0.25, -0.2) is 4.79 Å². The number of aromatic nitrogens is 1. The topological polar surface area (TPSA) is 103 Å². The predicted octanol–water partition coefficient (Wildman–Crippen LogP) is 2.30. The van der Waals surface area contributed by atoms with E-state index in [0.717, 1.165) is 0 Å². The number of hydrogen-bond acceptors (Lipinski definition) is 5. The zero-order valence-corrected chi connectivity index (χ0v) is 14.3. The Balaban J connectivity index is 2.67. The van der Waals surface area contributed by atoms with Crippen LogP contribution in [0.2, 0.25) is 5.02 Å². The molecule has 0 unspecified atom stereocenters. The largest absolute Gasteiger partial charge is 0.461 e. The van der Waals surface area contributed by atoms with Crippen LogP contribution in [0.1, 0.15) is 39.8 Å². The number of aliphatic hydroxyl groups is 3. The van der Waals surface area contributed by atoms with Crippen LogP contribution in [0.15, 0.2) is 12.1 Å². The molecule has 0 aliphatic carbocycles. The summed E-state index contributed by atoms with van der Waals surface area (Å²) >= 11 is 6.37. The maximum absolute atomic E-state index is 12.0. The zero-order chi connectivity index (χ0) is 17.9. The lowest BCUT2D eigenvalue weighted by atomic mass is 9.92. The van der Waals surface area contributed by atoms with Gasteiger partial charge < -0.3 is 25.0 Å². The molecule has 0 saturated carbocycles. The second kappa shape index (κ2) is 7.81. The lowest BCUT2D eigenvalue weighted by Gasteiger charge is -2.15. The second-order valence-corrected chi connectivity index (χ2v) is 5.62. The Bertz CT molecular complexity index is 754. The van der Waals surface area contributed by atoms with Gasteiger partial charge in [0.05, 0.1) is 31.5 Å². The van der Waals surface area contributed by atoms with Crippen LogP contribution >= 0.6 is 11.6 Å². The van der Waals surface area contributed by atoms with E-state index < -0.39 is 5.97 Å². The molecule has 0 atom stereocenters. The van der Waals surface area contributed by atoms with Crippen molar-refractivity contribution in [2.75, 3.05) is 6.61 Å². The van der Waals surface area contributed by atoms with Crippen LogP contribution in [0, 0.1) is 6.92 Å². The lowest BCUT2D eigenvalue weighted by molar-refractivity contribution is 0.0520. The minimum absolute atomic E-state index is 0.145. The minimum Gasteiger partial charge on any atom is -0.461 e. The number of benzene rings is 1.